The van der Waals surface area contributed by atoms with Crippen LogP contribution in [-0.4, -0.2) is 33.9 Å². The van der Waals surface area contributed by atoms with Gasteiger partial charge in [0.1, 0.15) is 12.4 Å². The highest BCUT2D eigenvalue weighted by Gasteiger charge is 2.30. The minimum Gasteiger partial charge on any atom is -0.545 e. The Morgan fingerprint density at radius 3 is 2.57 bits per heavy atom. The van der Waals surface area contributed by atoms with E-state index in [9.17, 15) is 24.8 Å². The first kappa shape index (κ1) is 23.7. The van der Waals surface area contributed by atoms with Crippen molar-refractivity contribution in [3.05, 3.63) is 105 Å². The largest absolute Gasteiger partial charge is 0.545 e. The van der Waals surface area contributed by atoms with Crippen molar-refractivity contribution in [1.82, 2.24) is 4.90 Å². The number of nitro groups is 1. The second kappa shape index (κ2) is 10.2. The van der Waals surface area contributed by atoms with Crippen molar-refractivity contribution in [3.63, 3.8) is 0 Å². The second-order valence-electron chi connectivity index (χ2n) is 7.49. The number of likely N-dealkylation sites (N-methyl/N-ethyl adjacent to an activating group) is 1. The van der Waals surface area contributed by atoms with Crippen molar-refractivity contribution >= 4 is 46.3 Å². The molecule has 1 saturated heterocycles. The maximum Gasteiger partial charge on any atom is 0.269 e. The van der Waals surface area contributed by atoms with Gasteiger partial charge < -0.3 is 14.6 Å². The Morgan fingerprint density at radius 1 is 1.11 bits per heavy atom. The van der Waals surface area contributed by atoms with Crippen LogP contribution in [0.4, 0.5) is 11.4 Å². The molecule has 0 unspecified atom stereocenters. The number of aliphatic imine (C=N–C) groups is 1. The first-order chi connectivity index (χ1) is 16.8. The van der Waals surface area contributed by atoms with Gasteiger partial charge in [-0.05, 0) is 58.8 Å². The zero-order chi connectivity index (χ0) is 24.9. The van der Waals surface area contributed by atoms with E-state index in [1.54, 1.807) is 61.7 Å². The van der Waals surface area contributed by atoms with Crippen LogP contribution in [0.15, 0.2) is 82.7 Å². The Bertz CT molecular complexity index is 1370. The minimum atomic E-state index is -1.30. The molecule has 1 aliphatic heterocycles. The molecule has 0 N–H and O–H groups in total. The molecule has 0 atom stereocenters. The van der Waals surface area contributed by atoms with Gasteiger partial charge in [0, 0.05) is 19.2 Å². The quantitative estimate of drug-likeness (QED) is 0.282. The second-order valence-corrected chi connectivity index (χ2v) is 8.50. The molecule has 9 nitrogen and oxygen atoms in total. The highest BCUT2D eigenvalue weighted by molar-refractivity contribution is 8.18. The number of non-ortho nitro benzene ring substituents is 1. The third kappa shape index (κ3) is 5.74. The summed E-state index contributed by atoms with van der Waals surface area (Å²) in [6.45, 7) is 0.181. The lowest BCUT2D eigenvalue weighted by Crippen LogP contribution is -2.23. The normalized spacial score (nSPS) is 15.6. The van der Waals surface area contributed by atoms with Crippen LogP contribution in [0.5, 0.6) is 5.75 Å². The van der Waals surface area contributed by atoms with Gasteiger partial charge in [-0.15, -0.1) is 0 Å². The fourth-order valence-corrected chi connectivity index (χ4v) is 4.19. The molecule has 4 rings (SSSR count). The van der Waals surface area contributed by atoms with Crippen molar-refractivity contribution < 1.29 is 24.4 Å². The van der Waals surface area contributed by atoms with E-state index in [2.05, 4.69) is 4.99 Å². The standard InChI is InChI=1S/C25H19N3O6S/c1-27-23(29)22(35-25(27)26-19-6-3-5-18(14-19)24(30)31)13-16-8-10-21(11-9-16)34-15-17-4-2-7-20(12-17)28(32)33/h2-14H,15H2,1H3,(H,30,31)/p-1. The van der Waals surface area contributed by atoms with Crippen LogP contribution in [0, 0.1) is 10.1 Å². The van der Waals surface area contributed by atoms with Crippen molar-refractivity contribution in [2.75, 3.05) is 7.05 Å². The molecule has 1 amide bonds. The number of thioether (sulfide) groups is 1. The summed E-state index contributed by atoms with van der Waals surface area (Å²) < 4.78 is 5.71. The van der Waals surface area contributed by atoms with E-state index >= 15 is 0 Å². The Balaban J connectivity index is 1.44. The molecule has 1 fully saturated rings. The molecule has 0 aromatic heterocycles. The van der Waals surface area contributed by atoms with E-state index in [1.807, 2.05) is 0 Å². The summed E-state index contributed by atoms with van der Waals surface area (Å²) in [5.41, 5.74) is 1.87. The number of carboxylic acids is 1. The van der Waals surface area contributed by atoms with E-state index in [0.717, 1.165) is 5.56 Å². The molecule has 10 heteroatoms. The Hall–Kier alpha value is -4.44. The molecule has 1 heterocycles. The number of carbonyl (C=O) groups is 2. The van der Waals surface area contributed by atoms with Gasteiger partial charge in [0.15, 0.2) is 5.17 Å². The maximum atomic E-state index is 12.7. The summed E-state index contributed by atoms with van der Waals surface area (Å²) >= 11 is 1.18. The van der Waals surface area contributed by atoms with Crippen molar-refractivity contribution in [2.24, 2.45) is 4.99 Å². The smallest absolute Gasteiger partial charge is 0.269 e. The summed E-state index contributed by atoms with van der Waals surface area (Å²) in [5.74, 6) is -0.944. The minimum absolute atomic E-state index is 0.00581. The lowest BCUT2D eigenvalue weighted by atomic mass is 10.2. The molecule has 0 radical (unpaired) electrons. The molecule has 35 heavy (non-hydrogen) atoms. The molecule has 176 valence electrons. The molecular formula is C25H18N3O6S-. The fraction of sp³-hybridized carbons (Fsp3) is 0.0800. The van der Waals surface area contributed by atoms with Crippen LogP contribution < -0.4 is 9.84 Å². The summed E-state index contributed by atoms with van der Waals surface area (Å²) in [4.78, 5) is 40.4. The Morgan fingerprint density at radius 2 is 1.86 bits per heavy atom. The van der Waals surface area contributed by atoms with E-state index in [4.69, 9.17) is 4.74 Å². The number of hydrogen-bond donors (Lipinski definition) is 0. The predicted molar refractivity (Wildman–Crippen MR) is 130 cm³/mol. The topological polar surface area (TPSA) is 125 Å². The summed E-state index contributed by atoms with van der Waals surface area (Å²) in [6, 6.07) is 19.3. The highest BCUT2D eigenvalue weighted by Crippen LogP contribution is 2.33. The number of ether oxygens (including phenoxy) is 1. The van der Waals surface area contributed by atoms with Crippen LogP contribution in [0.2, 0.25) is 0 Å². The first-order valence-electron chi connectivity index (χ1n) is 10.3. The molecule has 0 saturated carbocycles. The number of aromatic carboxylic acids is 1. The third-order valence-electron chi connectivity index (χ3n) is 5.01. The summed E-state index contributed by atoms with van der Waals surface area (Å²) in [7, 11) is 1.60. The maximum absolute atomic E-state index is 12.7. The zero-order valence-electron chi connectivity index (χ0n) is 18.4. The van der Waals surface area contributed by atoms with Gasteiger partial charge in [0.05, 0.1) is 21.5 Å². The van der Waals surface area contributed by atoms with Gasteiger partial charge in [-0.3, -0.25) is 19.8 Å². The van der Waals surface area contributed by atoms with E-state index in [-0.39, 0.29) is 23.8 Å². The number of rotatable bonds is 7. The van der Waals surface area contributed by atoms with Gasteiger partial charge in [-0.25, -0.2) is 4.99 Å². The number of nitrogens with zero attached hydrogens (tertiary/aromatic N) is 3. The van der Waals surface area contributed by atoms with Crippen molar-refractivity contribution in [1.29, 1.82) is 0 Å². The fourth-order valence-electron chi connectivity index (χ4n) is 3.20. The molecule has 1 aliphatic rings. The predicted octanol–water partition coefficient (Wildman–Crippen LogP) is 3.77. The van der Waals surface area contributed by atoms with Crippen LogP contribution in [0.3, 0.4) is 0 Å². The average Bonchev–Trinajstić information content (AvgIpc) is 3.11. The van der Waals surface area contributed by atoms with Gasteiger partial charge >= 0.3 is 0 Å². The van der Waals surface area contributed by atoms with Gasteiger partial charge in [-0.1, -0.05) is 36.4 Å². The number of amides is 1. The van der Waals surface area contributed by atoms with Crippen molar-refractivity contribution in [2.45, 2.75) is 6.61 Å². The number of amidine groups is 1. The zero-order valence-corrected chi connectivity index (χ0v) is 19.2. The monoisotopic (exact) mass is 488 g/mol. The van der Waals surface area contributed by atoms with E-state index < -0.39 is 10.9 Å². The van der Waals surface area contributed by atoms with Crippen LogP contribution >= 0.6 is 11.8 Å². The lowest BCUT2D eigenvalue weighted by Gasteiger charge is -2.08. The van der Waals surface area contributed by atoms with Gasteiger partial charge in [-0.2, -0.15) is 0 Å². The van der Waals surface area contributed by atoms with Crippen LogP contribution in [-0.2, 0) is 11.4 Å². The number of carbonyl (C=O) groups excluding carboxylic acids is 2. The van der Waals surface area contributed by atoms with Gasteiger partial charge in [0.25, 0.3) is 11.6 Å². The molecule has 0 bridgehead atoms. The van der Waals surface area contributed by atoms with Crippen LogP contribution in [0.1, 0.15) is 21.5 Å². The van der Waals surface area contributed by atoms with Crippen molar-refractivity contribution in [3.8, 4) is 5.75 Å². The van der Waals surface area contributed by atoms with E-state index in [0.29, 0.717) is 27.1 Å². The third-order valence-corrected chi connectivity index (χ3v) is 6.08. The number of carboxylic acid groups (broad SMARTS) is 1. The summed E-state index contributed by atoms with van der Waals surface area (Å²) in [6.07, 6.45) is 1.73. The number of hydrogen-bond acceptors (Lipinski definition) is 8. The highest BCUT2D eigenvalue weighted by atomic mass is 32.2. The lowest BCUT2D eigenvalue weighted by molar-refractivity contribution is -0.384. The Kier molecular flexibility index (Phi) is 6.93. The number of nitro benzene ring substituents is 1. The van der Waals surface area contributed by atoms with Crippen LogP contribution in [0.25, 0.3) is 6.08 Å². The van der Waals surface area contributed by atoms with E-state index in [1.165, 1.54) is 40.9 Å². The number of benzene rings is 3. The Labute approximate surface area is 204 Å². The average molecular weight is 489 g/mol. The molecule has 0 spiro atoms. The molecule has 3 aromatic rings. The first-order valence-corrected chi connectivity index (χ1v) is 11.2. The SMILES string of the molecule is CN1C(=O)C(=Cc2ccc(OCc3cccc([N+](=O)[O-])c3)cc2)SC1=Nc1cccc(C(=O)[O-])c1. The van der Waals surface area contributed by atoms with Gasteiger partial charge in [0.2, 0.25) is 0 Å². The molecule has 3 aromatic carbocycles. The molecular weight excluding hydrogens is 470 g/mol. The molecule has 0 aliphatic carbocycles. The summed E-state index contributed by atoms with van der Waals surface area (Å²) in [5, 5.41) is 22.4.